The number of ether oxygens (including phenoxy) is 3. The first-order valence-corrected chi connectivity index (χ1v) is 19.6. The zero-order valence-corrected chi connectivity index (χ0v) is 32.9. The maximum atomic E-state index is 14.1. The summed E-state index contributed by atoms with van der Waals surface area (Å²) in [7, 11) is 0. The van der Waals surface area contributed by atoms with Crippen molar-refractivity contribution in [2.45, 2.75) is 128 Å². The molecule has 7 rings (SSSR count). The van der Waals surface area contributed by atoms with Crippen LogP contribution < -0.4 is 15.4 Å². The lowest BCUT2D eigenvalue weighted by Gasteiger charge is -2.38. The van der Waals surface area contributed by atoms with Gasteiger partial charge in [0.2, 0.25) is 11.8 Å². The average molecular weight is 751 g/mol. The van der Waals surface area contributed by atoms with Gasteiger partial charge < -0.3 is 24.8 Å². The van der Waals surface area contributed by atoms with E-state index in [-0.39, 0.29) is 36.4 Å². The van der Waals surface area contributed by atoms with Crippen LogP contribution in [0.2, 0.25) is 0 Å². The van der Waals surface area contributed by atoms with Gasteiger partial charge in [-0.1, -0.05) is 60.7 Å². The number of hydrogen-bond acceptors (Lipinski definition) is 7. The maximum Gasteiger partial charge on any atom is 0.411 e. The number of benzene rings is 3. The van der Waals surface area contributed by atoms with E-state index in [2.05, 4.69) is 28.8 Å². The molecule has 0 radical (unpaired) electrons. The molecule has 1 fully saturated rings. The van der Waals surface area contributed by atoms with Gasteiger partial charge in [0.1, 0.15) is 29.0 Å². The van der Waals surface area contributed by atoms with Gasteiger partial charge in [-0.25, -0.2) is 9.59 Å². The van der Waals surface area contributed by atoms with Crippen LogP contribution in [0.3, 0.4) is 0 Å². The number of amides is 4. The predicted octanol–water partition coefficient (Wildman–Crippen LogP) is 7.28. The molecule has 3 aromatic carbocycles. The fourth-order valence-electron chi connectivity index (χ4n) is 8.38. The van der Waals surface area contributed by atoms with Crippen LogP contribution in [0.1, 0.15) is 119 Å². The van der Waals surface area contributed by atoms with Crippen molar-refractivity contribution in [2.24, 2.45) is 0 Å². The first-order chi connectivity index (χ1) is 26.1. The second-order valence-corrected chi connectivity index (χ2v) is 17.3. The second-order valence-electron chi connectivity index (χ2n) is 17.3. The minimum atomic E-state index is -0.782. The fraction of sp³-hybridized carbons (Fsp3) is 0.500. The van der Waals surface area contributed by atoms with Crippen LogP contribution in [0.4, 0.5) is 9.59 Å². The van der Waals surface area contributed by atoms with Crippen molar-refractivity contribution < 1.29 is 33.4 Å². The molecule has 0 saturated carbocycles. The van der Waals surface area contributed by atoms with E-state index in [9.17, 15) is 19.2 Å². The van der Waals surface area contributed by atoms with E-state index in [4.69, 9.17) is 14.2 Å². The molecular weight excluding hydrogens is 697 g/mol. The quantitative estimate of drug-likeness (QED) is 0.281. The van der Waals surface area contributed by atoms with Crippen molar-refractivity contribution in [3.8, 4) is 5.75 Å². The molecule has 0 aromatic heterocycles. The minimum Gasteiger partial charge on any atom is -0.493 e. The number of hydrogen-bond donors (Lipinski definition) is 2. The van der Waals surface area contributed by atoms with E-state index >= 15 is 0 Å². The standard InChI is InChI=1S/C44H54N4O7/c1-43(2,3)54-41(51)47-25-30-22-28(18-19-29(30)23-36(47)39(49)46-35-20-21-53-38-17-10-9-15-33(35)38)31-24-37(48(26-31)42(52)55-44(4,5)6)40(50)45-34-16-11-13-27-12-7-8-14-32(27)34/h7-10,12,14-15,17-19,22,31,34-37H,11,13,16,20-21,23-26H2,1-6H3,(H,45,50)(H,46,49)/t31-,34+,35+,36-,37-/m0/s1. The van der Waals surface area contributed by atoms with Crippen molar-refractivity contribution in [3.05, 3.63) is 100 Å². The fourth-order valence-corrected chi connectivity index (χ4v) is 8.38. The number of nitrogens with zero attached hydrogens (tertiary/aromatic N) is 2. The number of carbonyl (C=O) groups is 4. The van der Waals surface area contributed by atoms with Gasteiger partial charge in [-0.2, -0.15) is 0 Å². The van der Waals surface area contributed by atoms with Crippen LogP contribution >= 0.6 is 0 Å². The van der Waals surface area contributed by atoms with E-state index in [1.165, 1.54) is 10.5 Å². The van der Waals surface area contributed by atoms with Crippen LogP contribution in [-0.4, -0.2) is 70.2 Å². The largest absolute Gasteiger partial charge is 0.493 e. The Morgan fingerprint density at radius 1 is 0.709 bits per heavy atom. The molecule has 5 atom stereocenters. The summed E-state index contributed by atoms with van der Waals surface area (Å²) in [5.74, 6) is 0.156. The van der Waals surface area contributed by atoms with Crippen LogP contribution in [0.5, 0.6) is 5.75 Å². The Morgan fingerprint density at radius 3 is 2.07 bits per heavy atom. The van der Waals surface area contributed by atoms with Crippen LogP contribution in [0, 0.1) is 0 Å². The summed E-state index contributed by atoms with van der Waals surface area (Å²) in [6.07, 6.45) is 3.08. The number of fused-ring (bicyclic) bond motifs is 3. The first kappa shape index (κ1) is 38.2. The zero-order chi connectivity index (χ0) is 39.1. The van der Waals surface area contributed by atoms with Gasteiger partial charge in [-0.05, 0) is 101 Å². The molecule has 1 aliphatic carbocycles. The molecule has 3 aromatic rings. The summed E-state index contributed by atoms with van der Waals surface area (Å²) in [4.78, 5) is 58.7. The monoisotopic (exact) mass is 750 g/mol. The van der Waals surface area contributed by atoms with E-state index in [0.717, 1.165) is 52.8 Å². The molecule has 11 heteroatoms. The summed E-state index contributed by atoms with van der Waals surface area (Å²) in [6.45, 7) is 11.9. The van der Waals surface area contributed by atoms with Crippen LogP contribution in [0.25, 0.3) is 0 Å². The van der Waals surface area contributed by atoms with Crippen molar-refractivity contribution in [1.82, 2.24) is 20.4 Å². The Labute approximate surface area is 324 Å². The molecule has 11 nitrogen and oxygen atoms in total. The summed E-state index contributed by atoms with van der Waals surface area (Å²) >= 11 is 0. The average Bonchev–Trinajstić information content (AvgIpc) is 3.59. The molecule has 2 N–H and O–H groups in total. The lowest BCUT2D eigenvalue weighted by molar-refractivity contribution is -0.128. The summed E-state index contributed by atoms with van der Waals surface area (Å²) in [5.41, 5.74) is 4.62. The molecule has 4 aliphatic rings. The van der Waals surface area contributed by atoms with Crippen LogP contribution in [0.15, 0.2) is 66.7 Å². The topological polar surface area (TPSA) is 127 Å². The third-order valence-electron chi connectivity index (χ3n) is 11.0. The third kappa shape index (κ3) is 8.61. The van der Waals surface area contributed by atoms with Gasteiger partial charge >= 0.3 is 12.2 Å². The van der Waals surface area contributed by atoms with Crippen molar-refractivity contribution in [2.75, 3.05) is 13.2 Å². The highest BCUT2D eigenvalue weighted by Crippen LogP contribution is 2.38. The molecule has 1 saturated heterocycles. The normalized spacial score (nSPS) is 23.3. The van der Waals surface area contributed by atoms with E-state index in [1.54, 1.807) is 4.90 Å². The van der Waals surface area contributed by atoms with Crippen molar-refractivity contribution in [3.63, 3.8) is 0 Å². The smallest absolute Gasteiger partial charge is 0.411 e. The Morgan fingerprint density at radius 2 is 1.35 bits per heavy atom. The Balaban J connectivity index is 1.13. The van der Waals surface area contributed by atoms with Gasteiger partial charge in [0.05, 0.1) is 25.2 Å². The van der Waals surface area contributed by atoms with E-state index in [1.807, 2.05) is 90.1 Å². The Bertz CT molecular complexity index is 1950. The molecule has 3 aliphatic heterocycles. The predicted molar refractivity (Wildman–Crippen MR) is 207 cm³/mol. The molecule has 292 valence electrons. The molecule has 0 bridgehead atoms. The summed E-state index contributed by atoms with van der Waals surface area (Å²) < 4.78 is 17.5. The maximum absolute atomic E-state index is 14.1. The lowest BCUT2D eigenvalue weighted by atomic mass is 9.87. The number of aryl methyl sites for hydroxylation is 1. The lowest BCUT2D eigenvalue weighted by Crippen LogP contribution is -2.54. The van der Waals surface area contributed by atoms with Gasteiger partial charge in [-0.15, -0.1) is 0 Å². The summed E-state index contributed by atoms with van der Waals surface area (Å²) in [5, 5.41) is 6.49. The Hall–Kier alpha value is -5.06. The molecule has 4 amide bonds. The van der Waals surface area contributed by atoms with E-state index in [0.29, 0.717) is 32.4 Å². The van der Waals surface area contributed by atoms with Gasteiger partial charge in [0.25, 0.3) is 0 Å². The highest BCUT2D eigenvalue weighted by atomic mass is 16.6. The van der Waals surface area contributed by atoms with Crippen molar-refractivity contribution in [1.29, 1.82) is 0 Å². The van der Waals surface area contributed by atoms with Crippen LogP contribution in [-0.2, 0) is 38.4 Å². The number of carbonyl (C=O) groups excluding carboxylic acids is 4. The molecular formula is C44H54N4O7. The third-order valence-corrected chi connectivity index (χ3v) is 11.0. The Kier molecular flexibility index (Phi) is 10.6. The van der Waals surface area contributed by atoms with Crippen molar-refractivity contribution >= 4 is 24.0 Å². The van der Waals surface area contributed by atoms with E-state index < -0.39 is 35.5 Å². The highest BCUT2D eigenvalue weighted by molar-refractivity contribution is 5.88. The minimum absolute atomic E-state index is 0.120. The molecule has 3 heterocycles. The highest BCUT2D eigenvalue weighted by Gasteiger charge is 2.44. The van der Waals surface area contributed by atoms with Gasteiger partial charge in [0, 0.05) is 30.9 Å². The summed E-state index contributed by atoms with van der Waals surface area (Å²) in [6, 6.07) is 20.2. The molecule has 0 spiro atoms. The number of para-hydroxylation sites is 1. The van der Waals surface area contributed by atoms with Gasteiger partial charge in [0.15, 0.2) is 0 Å². The van der Waals surface area contributed by atoms with Gasteiger partial charge in [-0.3, -0.25) is 19.4 Å². The zero-order valence-electron chi connectivity index (χ0n) is 32.9. The molecule has 0 unspecified atom stereocenters. The number of rotatable bonds is 5. The second kappa shape index (κ2) is 15.2. The number of likely N-dealkylation sites (tertiary alicyclic amines) is 1. The first-order valence-electron chi connectivity index (χ1n) is 19.6. The molecule has 55 heavy (non-hydrogen) atoms. The SMILES string of the molecule is CC(C)(C)OC(=O)N1C[C@@H](c2ccc3c(c2)CN(C(=O)OC(C)(C)C)[C@H](C(=O)N[C@@H]2CCOc4ccccc42)C3)C[C@H]1C(=O)N[C@@H]1CCCc2ccccc21. The number of nitrogens with one attached hydrogen (secondary N) is 2.